The number of amides is 1. The highest BCUT2D eigenvalue weighted by atomic mass is 32.1. The smallest absolute Gasteiger partial charge is 0.248 e. The van der Waals surface area contributed by atoms with Crippen LogP contribution in [0.25, 0.3) is 0 Å². The van der Waals surface area contributed by atoms with Gasteiger partial charge in [-0.15, -0.1) is 11.3 Å². The lowest BCUT2D eigenvalue weighted by atomic mass is 10.1. The highest BCUT2D eigenvalue weighted by Gasteiger charge is 2.11. The van der Waals surface area contributed by atoms with E-state index >= 15 is 0 Å². The van der Waals surface area contributed by atoms with Gasteiger partial charge >= 0.3 is 0 Å². The predicted octanol–water partition coefficient (Wildman–Crippen LogP) is 2.31. The zero-order valence-electron chi connectivity index (χ0n) is 12.4. The van der Waals surface area contributed by atoms with Crippen LogP contribution in [-0.2, 0) is 18.3 Å². The molecule has 0 aliphatic carbocycles. The number of hydrogen-bond acceptors (Lipinski definition) is 4. The Bertz CT molecular complexity index is 733. The molecule has 0 bridgehead atoms. The third-order valence-electron chi connectivity index (χ3n) is 3.42. The SMILES string of the molecule is Cn1ccsc1=NC(=O)CCc1ccc2c(c1)OCCCO2. The van der Waals surface area contributed by atoms with E-state index in [-0.39, 0.29) is 5.91 Å². The van der Waals surface area contributed by atoms with E-state index in [0.29, 0.717) is 26.1 Å². The molecule has 2 aromatic rings. The number of benzene rings is 1. The molecule has 1 aromatic carbocycles. The topological polar surface area (TPSA) is 52.8 Å². The summed E-state index contributed by atoms with van der Waals surface area (Å²) in [4.78, 5) is 16.8. The molecular weight excluding hydrogens is 300 g/mol. The van der Waals surface area contributed by atoms with E-state index in [2.05, 4.69) is 4.99 Å². The summed E-state index contributed by atoms with van der Waals surface area (Å²) in [6.45, 7) is 1.35. The van der Waals surface area contributed by atoms with Crippen molar-refractivity contribution in [3.8, 4) is 11.5 Å². The second-order valence-corrected chi connectivity index (χ2v) is 6.01. The summed E-state index contributed by atoms with van der Waals surface area (Å²) < 4.78 is 13.1. The molecule has 6 heteroatoms. The van der Waals surface area contributed by atoms with Crippen molar-refractivity contribution >= 4 is 17.2 Å². The highest BCUT2D eigenvalue weighted by Crippen LogP contribution is 2.30. The molecule has 3 rings (SSSR count). The molecule has 0 unspecified atom stereocenters. The van der Waals surface area contributed by atoms with Crippen LogP contribution < -0.4 is 14.3 Å². The van der Waals surface area contributed by atoms with Crippen LogP contribution in [0.2, 0.25) is 0 Å². The molecule has 1 aliphatic rings. The first-order valence-electron chi connectivity index (χ1n) is 7.28. The highest BCUT2D eigenvalue weighted by molar-refractivity contribution is 7.07. The molecule has 0 saturated heterocycles. The molecule has 0 spiro atoms. The third kappa shape index (κ3) is 3.57. The zero-order chi connectivity index (χ0) is 15.4. The molecule has 1 aliphatic heterocycles. The van der Waals surface area contributed by atoms with E-state index in [1.165, 1.54) is 11.3 Å². The van der Waals surface area contributed by atoms with E-state index in [1.54, 1.807) is 0 Å². The van der Waals surface area contributed by atoms with Gasteiger partial charge in [0.2, 0.25) is 5.91 Å². The van der Waals surface area contributed by atoms with Gasteiger partial charge in [-0.25, -0.2) is 0 Å². The summed E-state index contributed by atoms with van der Waals surface area (Å²) in [6, 6.07) is 5.85. The fraction of sp³-hybridized carbons (Fsp3) is 0.375. The van der Waals surface area contributed by atoms with Crippen LogP contribution in [0.1, 0.15) is 18.4 Å². The van der Waals surface area contributed by atoms with Crippen molar-refractivity contribution in [2.24, 2.45) is 12.0 Å². The summed E-state index contributed by atoms with van der Waals surface area (Å²) in [7, 11) is 1.88. The maximum absolute atomic E-state index is 12.0. The van der Waals surface area contributed by atoms with Gasteiger partial charge in [0.1, 0.15) is 0 Å². The monoisotopic (exact) mass is 318 g/mol. The van der Waals surface area contributed by atoms with Crippen molar-refractivity contribution in [2.45, 2.75) is 19.3 Å². The minimum absolute atomic E-state index is 0.106. The quantitative estimate of drug-likeness (QED) is 0.872. The number of nitrogens with zero attached hydrogens (tertiary/aromatic N) is 2. The Hall–Kier alpha value is -2.08. The van der Waals surface area contributed by atoms with E-state index in [4.69, 9.17) is 9.47 Å². The van der Waals surface area contributed by atoms with Crippen molar-refractivity contribution < 1.29 is 14.3 Å². The Morgan fingerprint density at radius 3 is 2.91 bits per heavy atom. The summed E-state index contributed by atoms with van der Waals surface area (Å²) in [5, 5.41) is 1.91. The number of carbonyl (C=O) groups is 1. The Morgan fingerprint density at radius 2 is 2.14 bits per heavy atom. The number of rotatable bonds is 3. The molecule has 116 valence electrons. The van der Waals surface area contributed by atoms with Gasteiger partial charge in [0, 0.05) is 31.5 Å². The molecule has 2 heterocycles. The Labute approximate surface area is 132 Å². The van der Waals surface area contributed by atoms with E-state index in [0.717, 1.165) is 28.3 Å². The Kier molecular flexibility index (Phi) is 4.58. The van der Waals surface area contributed by atoms with Gasteiger partial charge in [-0.05, 0) is 24.1 Å². The first-order chi connectivity index (χ1) is 10.7. The van der Waals surface area contributed by atoms with Gasteiger partial charge in [0.25, 0.3) is 0 Å². The first kappa shape index (κ1) is 14.8. The number of aryl methyl sites for hydroxylation is 2. The number of aromatic nitrogens is 1. The normalized spacial score (nSPS) is 14.7. The van der Waals surface area contributed by atoms with Gasteiger partial charge in [-0.2, -0.15) is 4.99 Å². The largest absolute Gasteiger partial charge is 0.490 e. The first-order valence-corrected chi connectivity index (χ1v) is 8.16. The molecule has 0 N–H and O–H groups in total. The van der Waals surface area contributed by atoms with Crippen LogP contribution in [0.15, 0.2) is 34.8 Å². The number of fused-ring (bicyclic) bond motifs is 1. The fourth-order valence-corrected chi connectivity index (χ4v) is 2.96. The van der Waals surface area contributed by atoms with Gasteiger partial charge in [0.05, 0.1) is 13.2 Å². The molecule has 0 fully saturated rings. The Balaban J connectivity index is 1.65. The summed E-state index contributed by atoms with van der Waals surface area (Å²) in [6.07, 6.45) is 3.81. The van der Waals surface area contributed by atoms with Gasteiger partial charge in [-0.3, -0.25) is 4.79 Å². The Morgan fingerprint density at radius 1 is 1.32 bits per heavy atom. The fourth-order valence-electron chi connectivity index (χ4n) is 2.21. The van der Waals surface area contributed by atoms with Crippen LogP contribution in [0.5, 0.6) is 11.5 Å². The molecule has 1 aromatic heterocycles. The van der Waals surface area contributed by atoms with Gasteiger partial charge < -0.3 is 14.0 Å². The average Bonchev–Trinajstić information content (AvgIpc) is 2.78. The zero-order valence-corrected chi connectivity index (χ0v) is 13.3. The molecule has 22 heavy (non-hydrogen) atoms. The average molecular weight is 318 g/mol. The minimum atomic E-state index is -0.106. The van der Waals surface area contributed by atoms with Crippen LogP contribution in [0.3, 0.4) is 0 Å². The standard InChI is InChI=1S/C16H18N2O3S/c1-18-7-10-22-16(18)17-15(19)6-4-12-3-5-13-14(11-12)21-9-2-8-20-13/h3,5,7,10-11H,2,4,6,8-9H2,1H3. The van der Waals surface area contributed by atoms with Crippen molar-refractivity contribution in [1.82, 2.24) is 4.57 Å². The van der Waals surface area contributed by atoms with Crippen LogP contribution in [-0.4, -0.2) is 23.7 Å². The molecular formula is C16H18N2O3S. The van der Waals surface area contributed by atoms with E-state index in [1.807, 2.05) is 41.4 Å². The maximum atomic E-state index is 12.0. The number of carbonyl (C=O) groups excluding carboxylic acids is 1. The summed E-state index contributed by atoms with van der Waals surface area (Å²) >= 11 is 1.46. The molecule has 0 radical (unpaired) electrons. The molecule has 1 amide bonds. The van der Waals surface area contributed by atoms with E-state index < -0.39 is 0 Å². The second-order valence-electron chi connectivity index (χ2n) is 5.13. The summed E-state index contributed by atoms with van der Waals surface area (Å²) in [5.41, 5.74) is 1.06. The number of hydrogen-bond donors (Lipinski definition) is 0. The minimum Gasteiger partial charge on any atom is -0.490 e. The second kappa shape index (κ2) is 6.79. The van der Waals surface area contributed by atoms with Crippen LogP contribution in [0, 0.1) is 0 Å². The van der Waals surface area contributed by atoms with Gasteiger partial charge in [-0.1, -0.05) is 6.07 Å². The maximum Gasteiger partial charge on any atom is 0.248 e. The molecule has 0 saturated carbocycles. The summed E-state index contributed by atoms with van der Waals surface area (Å²) in [5.74, 6) is 1.44. The molecule has 0 atom stereocenters. The van der Waals surface area contributed by atoms with Crippen molar-refractivity contribution in [3.05, 3.63) is 40.1 Å². The lowest BCUT2D eigenvalue weighted by Crippen LogP contribution is -2.12. The predicted molar refractivity (Wildman–Crippen MR) is 84.2 cm³/mol. The lowest BCUT2D eigenvalue weighted by molar-refractivity contribution is -0.118. The van der Waals surface area contributed by atoms with Crippen molar-refractivity contribution in [1.29, 1.82) is 0 Å². The number of ether oxygens (including phenoxy) is 2. The van der Waals surface area contributed by atoms with Crippen molar-refractivity contribution in [3.63, 3.8) is 0 Å². The van der Waals surface area contributed by atoms with Crippen LogP contribution >= 0.6 is 11.3 Å². The third-order valence-corrected chi connectivity index (χ3v) is 4.27. The van der Waals surface area contributed by atoms with Gasteiger partial charge in [0.15, 0.2) is 16.3 Å². The lowest BCUT2D eigenvalue weighted by Gasteiger charge is -2.08. The molecule has 5 nitrogen and oxygen atoms in total. The van der Waals surface area contributed by atoms with Crippen LogP contribution in [0.4, 0.5) is 0 Å². The van der Waals surface area contributed by atoms with E-state index in [9.17, 15) is 4.79 Å². The number of thiazole rings is 1. The van der Waals surface area contributed by atoms with Crippen molar-refractivity contribution in [2.75, 3.05) is 13.2 Å².